The molecule has 1 rings (SSSR count). The highest BCUT2D eigenvalue weighted by Crippen LogP contribution is 2.20. The van der Waals surface area contributed by atoms with Gasteiger partial charge >= 0.3 is 5.97 Å². The minimum Gasteiger partial charge on any atom is -0.481 e. The van der Waals surface area contributed by atoms with E-state index in [0.29, 0.717) is 5.56 Å². The second kappa shape index (κ2) is 7.35. The molecule has 4 nitrogen and oxygen atoms in total. The Balaban J connectivity index is 2.49. The summed E-state index contributed by atoms with van der Waals surface area (Å²) >= 11 is 6.67. The molecule has 0 saturated carbocycles. The monoisotopic (exact) mass is 305 g/mol. The molecule has 0 saturated heterocycles. The lowest BCUT2D eigenvalue weighted by Crippen LogP contribution is -2.28. The quantitative estimate of drug-likeness (QED) is 0.847. The molecule has 104 valence electrons. The van der Waals surface area contributed by atoms with Gasteiger partial charge in [0.25, 0.3) is 0 Å². The van der Waals surface area contributed by atoms with Gasteiger partial charge in [-0.2, -0.15) is 0 Å². The van der Waals surface area contributed by atoms with Crippen molar-refractivity contribution in [3.63, 3.8) is 0 Å². The molecule has 0 aromatic heterocycles. The first-order chi connectivity index (χ1) is 8.90. The largest absolute Gasteiger partial charge is 0.481 e. The highest BCUT2D eigenvalue weighted by molar-refractivity contribution is 8.00. The zero-order valence-electron chi connectivity index (χ0n) is 10.2. The molecule has 1 aromatic rings. The van der Waals surface area contributed by atoms with Crippen LogP contribution in [0.2, 0.25) is 5.02 Å². The number of hydrogen-bond acceptors (Lipinski definition) is 3. The lowest BCUT2D eigenvalue weighted by molar-refractivity contribution is -0.133. The molecule has 0 spiro atoms. The third-order valence-corrected chi connectivity index (χ3v) is 3.49. The van der Waals surface area contributed by atoms with Gasteiger partial charge in [0.15, 0.2) is 0 Å². The third-order valence-electron chi connectivity index (χ3n) is 2.28. The van der Waals surface area contributed by atoms with Gasteiger partial charge in [0.1, 0.15) is 5.82 Å². The number of thioether (sulfide) groups is 1. The number of halogens is 2. The molecular weight excluding hydrogens is 293 g/mol. The number of benzene rings is 1. The van der Waals surface area contributed by atoms with Crippen LogP contribution in [0.4, 0.5) is 4.39 Å². The van der Waals surface area contributed by atoms with Crippen molar-refractivity contribution in [1.29, 1.82) is 0 Å². The molecule has 0 heterocycles. The van der Waals surface area contributed by atoms with Gasteiger partial charge in [0.2, 0.25) is 5.91 Å². The van der Waals surface area contributed by atoms with E-state index in [1.807, 2.05) is 0 Å². The van der Waals surface area contributed by atoms with Crippen molar-refractivity contribution in [2.75, 3.05) is 11.5 Å². The van der Waals surface area contributed by atoms with E-state index in [-0.39, 0.29) is 28.5 Å². The number of carboxylic acid groups (broad SMARTS) is 1. The zero-order valence-corrected chi connectivity index (χ0v) is 11.7. The standard InChI is InChI=1S/C12H13ClFNO3S/c1-7(8-2-3-10(14)9(13)4-8)15-11(16)5-19-6-12(17)18/h2-4,7H,5-6H2,1H3,(H,15,16)(H,17,18). The Labute approximate surface area is 119 Å². The summed E-state index contributed by atoms with van der Waals surface area (Å²) < 4.78 is 13.0. The molecule has 7 heteroatoms. The van der Waals surface area contributed by atoms with Crippen LogP contribution in [0.1, 0.15) is 18.5 Å². The minimum absolute atomic E-state index is 0.00106. The third kappa shape index (κ3) is 5.48. The van der Waals surface area contributed by atoms with Crippen LogP contribution < -0.4 is 5.32 Å². The summed E-state index contributed by atoms with van der Waals surface area (Å²) in [7, 11) is 0. The molecule has 0 aliphatic rings. The molecule has 0 fully saturated rings. The topological polar surface area (TPSA) is 66.4 Å². The summed E-state index contributed by atoms with van der Waals surface area (Å²) in [6, 6.07) is 3.90. The summed E-state index contributed by atoms with van der Waals surface area (Å²) in [4.78, 5) is 21.8. The highest BCUT2D eigenvalue weighted by atomic mass is 35.5. The predicted octanol–water partition coefficient (Wildman–Crippen LogP) is 2.47. The predicted molar refractivity (Wildman–Crippen MR) is 72.9 cm³/mol. The van der Waals surface area contributed by atoms with Crippen LogP contribution in [0.3, 0.4) is 0 Å². The summed E-state index contributed by atoms with van der Waals surface area (Å²) in [5.41, 5.74) is 0.683. The maximum atomic E-state index is 13.0. The van der Waals surface area contributed by atoms with Crippen LogP contribution in [-0.4, -0.2) is 28.5 Å². The normalized spacial score (nSPS) is 11.9. The van der Waals surface area contributed by atoms with E-state index in [1.54, 1.807) is 6.92 Å². The number of amides is 1. The highest BCUT2D eigenvalue weighted by Gasteiger charge is 2.11. The van der Waals surface area contributed by atoms with Gasteiger partial charge in [-0.05, 0) is 24.6 Å². The fourth-order valence-electron chi connectivity index (χ4n) is 1.38. The molecule has 0 aliphatic heterocycles. The van der Waals surface area contributed by atoms with Crippen LogP contribution in [0, 0.1) is 5.82 Å². The van der Waals surface area contributed by atoms with E-state index in [2.05, 4.69) is 5.32 Å². The molecular formula is C12H13ClFNO3S. The molecule has 2 N–H and O–H groups in total. The van der Waals surface area contributed by atoms with Crippen LogP contribution in [0.5, 0.6) is 0 Å². The zero-order chi connectivity index (χ0) is 14.4. The maximum Gasteiger partial charge on any atom is 0.313 e. The lowest BCUT2D eigenvalue weighted by atomic mass is 10.1. The number of rotatable bonds is 6. The number of aliphatic carboxylic acids is 1. The van der Waals surface area contributed by atoms with Gasteiger partial charge in [-0.25, -0.2) is 4.39 Å². The van der Waals surface area contributed by atoms with Crippen molar-refractivity contribution in [2.45, 2.75) is 13.0 Å². The Hall–Kier alpha value is -1.27. The average Bonchev–Trinajstić information content (AvgIpc) is 2.32. The molecule has 1 unspecified atom stereocenters. The van der Waals surface area contributed by atoms with Crippen LogP contribution in [-0.2, 0) is 9.59 Å². The van der Waals surface area contributed by atoms with Crippen LogP contribution in [0.25, 0.3) is 0 Å². The van der Waals surface area contributed by atoms with Crippen LogP contribution in [0.15, 0.2) is 18.2 Å². The Bertz CT molecular complexity index is 484. The Morgan fingerprint density at radius 3 is 2.74 bits per heavy atom. The SMILES string of the molecule is CC(NC(=O)CSCC(=O)O)c1ccc(F)c(Cl)c1. The average molecular weight is 306 g/mol. The first-order valence-corrected chi connectivity index (χ1v) is 6.97. The molecule has 1 atom stereocenters. The number of carbonyl (C=O) groups is 2. The maximum absolute atomic E-state index is 13.0. The van der Waals surface area contributed by atoms with Crippen molar-refractivity contribution in [3.05, 3.63) is 34.6 Å². The lowest BCUT2D eigenvalue weighted by Gasteiger charge is -2.14. The van der Waals surface area contributed by atoms with Crippen molar-refractivity contribution < 1.29 is 19.1 Å². The first kappa shape index (κ1) is 15.8. The molecule has 19 heavy (non-hydrogen) atoms. The molecule has 0 aliphatic carbocycles. The van der Waals surface area contributed by atoms with E-state index < -0.39 is 11.8 Å². The fraction of sp³-hybridized carbons (Fsp3) is 0.333. The van der Waals surface area contributed by atoms with Crippen molar-refractivity contribution in [3.8, 4) is 0 Å². The summed E-state index contributed by atoms with van der Waals surface area (Å²) in [6.07, 6.45) is 0. The Kier molecular flexibility index (Phi) is 6.11. The second-order valence-corrected chi connectivity index (χ2v) is 5.24. The number of carboxylic acids is 1. The van der Waals surface area contributed by atoms with E-state index in [1.165, 1.54) is 18.2 Å². The van der Waals surface area contributed by atoms with Gasteiger partial charge in [-0.15, -0.1) is 11.8 Å². The minimum atomic E-state index is -0.962. The molecule has 0 bridgehead atoms. The van der Waals surface area contributed by atoms with Crippen LogP contribution >= 0.6 is 23.4 Å². The van der Waals surface area contributed by atoms with Gasteiger partial charge < -0.3 is 10.4 Å². The van der Waals surface area contributed by atoms with Gasteiger partial charge in [-0.1, -0.05) is 17.7 Å². The van der Waals surface area contributed by atoms with E-state index >= 15 is 0 Å². The van der Waals surface area contributed by atoms with Gasteiger partial charge in [-0.3, -0.25) is 9.59 Å². The first-order valence-electron chi connectivity index (χ1n) is 5.44. The Morgan fingerprint density at radius 1 is 1.47 bits per heavy atom. The Morgan fingerprint density at radius 2 is 2.16 bits per heavy atom. The van der Waals surface area contributed by atoms with E-state index in [4.69, 9.17) is 16.7 Å². The molecule has 1 aromatic carbocycles. The molecule has 0 radical (unpaired) electrons. The summed E-state index contributed by atoms with van der Waals surface area (Å²) in [5, 5.41) is 11.1. The second-order valence-electron chi connectivity index (χ2n) is 3.85. The smallest absolute Gasteiger partial charge is 0.313 e. The summed E-state index contributed by atoms with van der Waals surface area (Å²) in [5.74, 6) is -1.81. The van der Waals surface area contributed by atoms with Crippen molar-refractivity contribution >= 4 is 35.2 Å². The number of carbonyl (C=O) groups excluding carboxylic acids is 1. The van der Waals surface area contributed by atoms with E-state index in [9.17, 15) is 14.0 Å². The summed E-state index contributed by atoms with van der Waals surface area (Å²) in [6.45, 7) is 1.74. The number of nitrogens with one attached hydrogen (secondary N) is 1. The van der Waals surface area contributed by atoms with Gasteiger partial charge in [0.05, 0.1) is 22.6 Å². The van der Waals surface area contributed by atoms with Gasteiger partial charge in [0, 0.05) is 0 Å². The molecule has 1 amide bonds. The number of hydrogen-bond donors (Lipinski definition) is 2. The van der Waals surface area contributed by atoms with E-state index in [0.717, 1.165) is 11.8 Å². The van der Waals surface area contributed by atoms with Crippen molar-refractivity contribution in [2.24, 2.45) is 0 Å². The van der Waals surface area contributed by atoms with Crippen molar-refractivity contribution in [1.82, 2.24) is 5.32 Å². The fourth-order valence-corrected chi connectivity index (χ4v) is 2.11.